The molecule has 134 valence electrons. The number of rotatable bonds is 5. The predicted octanol–water partition coefficient (Wildman–Crippen LogP) is 5.41. The predicted molar refractivity (Wildman–Crippen MR) is 95.5 cm³/mol. The average molecular weight is 357 g/mol. The van der Waals surface area contributed by atoms with Crippen LogP contribution in [0.1, 0.15) is 16.7 Å². The highest BCUT2D eigenvalue weighted by Crippen LogP contribution is 2.33. The maximum absolute atomic E-state index is 12.9. The van der Waals surface area contributed by atoms with Crippen LogP contribution in [0, 0.1) is 0 Å². The second kappa shape index (κ2) is 7.62. The summed E-state index contributed by atoms with van der Waals surface area (Å²) in [5, 5.41) is 0. The van der Waals surface area contributed by atoms with Crippen molar-refractivity contribution in [2.75, 3.05) is 0 Å². The highest BCUT2D eigenvalue weighted by molar-refractivity contribution is 5.66. The molecule has 0 aromatic heterocycles. The molecule has 0 aliphatic carbocycles. The minimum Gasteiger partial charge on any atom is -0.489 e. The van der Waals surface area contributed by atoms with Crippen LogP contribution in [0.2, 0.25) is 0 Å². The zero-order valence-electron chi connectivity index (χ0n) is 14.0. The summed E-state index contributed by atoms with van der Waals surface area (Å²) in [6, 6.07) is 20.2. The maximum Gasteiger partial charge on any atom is 0.416 e. The fraction of sp³-hybridized carbons (Fsp3) is 0.143. The van der Waals surface area contributed by atoms with Crippen molar-refractivity contribution in [3.63, 3.8) is 0 Å². The van der Waals surface area contributed by atoms with Crippen molar-refractivity contribution in [1.29, 1.82) is 0 Å². The summed E-state index contributed by atoms with van der Waals surface area (Å²) < 4.78 is 44.6. The van der Waals surface area contributed by atoms with E-state index in [-0.39, 0.29) is 6.54 Å². The van der Waals surface area contributed by atoms with Crippen molar-refractivity contribution in [3.05, 3.63) is 89.5 Å². The van der Waals surface area contributed by atoms with E-state index in [1.807, 2.05) is 30.3 Å². The molecule has 0 aliphatic rings. The molecule has 0 fully saturated rings. The van der Waals surface area contributed by atoms with Crippen LogP contribution in [0.25, 0.3) is 11.1 Å². The fourth-order valence-corrected chi connectivity index (χ4v) is 2.67. The van der Waals surface area contributed by atoms with Gasteiger partial charge >= 0.3 is 6.18 Å². The quantitative estimate of drug-likeness (QED) is 0.663. The zero-order chi connectivity index (χ0) is 18.6. The van der Waals surface area contributed by atoms with Crippen LogP contribution in [-0.4, -0.2) is 0 Å². The lowest BCUT2D eigenvalue weighted by atomic mass is 10.0. The maximum atomic E-state index is 12.9. The summed E-state index contributed by atoms with van der Waals surface area (Å²) in [7, 11) is 0. The van der Waals surface area contributed by atoms with Crippen LogP contribution in [0.5, 0.6) is 5.75 Å². The average Bonchev–Trinajstić information content (AvgIpc) is 2.66. The number of ether oxygens (including phenoxy) is 1. The van der Waals surface area contributed by atoms with Gasteiger partial charge in [0.2, 0.25) is 0 Å². The lowest BCUT2D eigenvalue weighted by Crippen LogP contribution is -2.05. The molecule has 26 heavy (non-hydrogen) atoms. The molecule has 0 aliphatic heterocycles. The van der Waals surface area contributed by atoms with Gasteiger partial charge in [0.15, 0.2) is 0 Å². The molecule has 0 bridgehead atoms. The highest BCUT2D eigenvalue weighted by Gasteiger charge is 2.30. The van der Waals surface area contributed by atoms with Gasteiger partial charge in [-0.1, -0.05) is 48.5 Å². The number of hydrogen-bond acceptors (Lipinski definition) is 2. The van der Waals surface area contributed by atoms with Gasteiger partial charge in [0.25, 0.3) is 0 Å². The van der Waals surface area contributed by atoms with E-state index in [2.05, 4.69) is 0 Å². The molecule has 0 unspecified atom stereocenters. The first kappa shape index (κ1) is 18.0. The van der Waals surface area contributed by atoms with Gasteiger partial charge in [-0.15, -0.1) is 0 Å². The normalized spacial score (nSPS) is 11.4. The van der Waals surface area contributed by atoms with E-state index in [1.165, 1.54) is 6.07 Å². The van der Waals surface area contributed by atoms with E-state index in [9.17, 15) is 13.2 Å². The lowest BCUT2D eigenvalue weighted by molar-refractivity contribution is -0.137. The van der Waals surface area contributed by atoms with Crippen molar-refractivity contribution in [3.8, 4) is 16.9 Å². The molecular formula is C21H18F3NO. The molecule has 0 heterocycles. The molecule has 0 saturated carbocycles. The molecule has 3 rings (SSSR count). The molecule has 0 radical (unpaired) electrons. The Morgan fingerprint density at radius 3 is 2.23 bits per heavy atom. The Bertz CT molecular complexity index is 876. The highest BCUT2D eigenvalue weighted by atomic mass is 19.4. The van der Waals surface area contributed by atoms with Gasteiger partial charge in [-0.2, -0.15) is 13.2 Å². The molecule has 3 aromatic carbocycles. The van der Waals surface area contributed by atoms with Crippen LogP contribution in [0.3, 0.4) is 0 Å². The number of halogens is 3. The standard InChI is InChI=1S/C21H18F3NO/c22-21(23,24)19-8-4-7-16(12-19)17-9-10-20(18(11-17)13-25)26-14-15-5-2-1-3-6-15/h1-12H,13-14,25H2. The van der Waals surface area contributed by atoms with Gasteiger partial charge in [0.1, 0.15) is 12.4 Å². The molecular weight excluding hydrogens is 339 g/mol. The Morgan fingerprint density at radius 1 is 0.808 bits per heavy atom. The summed E-state index contributed by atoms with van der Waals surface area (Å²) in [4.78, 5) is 0. The molecule has 2 nitrogen and oxygen atoms in total. The Kier molecular flexibility index (Phi) is 5.28. The number of benzene rings is 3. The third-order valence-corrected chi connectivity index (χ3v) is 4.04. The first-order chi connectivity index (χ1) is 12.5. The van der Waals surface area contributed by atoms with Crippen LogP contribution >= 0.6 is 0 Å². The van der Waals surface area contributed by atoms with E-state index in [0.717, 1.165) is 23.3 Å². The number of hydrogen-bond donors (Lipinski definition) is 1. The minimum atomic E-state index is -4.37. The third-order valence-electron chi connectivity index (χ3n) is 4.04. The van der Waals surface area contributed by atoms with E-state index in [4.69, 9.17) is 10.5 Å². The Labute approximate surface area is 150 Å². The summed E-state index contributed by atoms with van der Waals surface area (Å²) in [5.74, 6) is 0.632. The van der Waals surface area contributed by atoms with Gasteiger partial charge in [0.05, 0.1) is 5.56 Å². The van der Waals surface area contributed by atoms with E-state index in [0.29, 0.717) is 23.5 Å². The summed E-state index contributed by atoms with van der Waals surface area (Å²) >= 11 is 0. The lowest BCUT2D eigenvalue weighted by Gasteiger charge is -2.13. The molecule has 0 atom stereocenters. The SMILES string of the molecule is NCc1cc(-c2cccc(C(F)(F)F)c2)ccc1OCc1ccccc1. The molecule has 0 amide bonds. The first-order valence-electron chi connectivity index (χ1n) is 8.15. The van der Waals surface area contributed by atoms with Crippen LogP contribution in [0.15, 0.2) is 72.8 Å². The molecule has 0 saturated heterocycles. The zero-order valence-corrected chi connectivity index (χ0v) is 14.0. The van der Waals surface area contributed by atoms with Crippen molar-refractivity contribution >= 4 is 0 Å². The topological polar surface area (TPSA) is 35.2 Å². The van der Waals surface area contributed by atoms with Gasteiger partial charge in [-0.3, -0.25) is 0 Å². The minimum absolute atomic E-state index is 0.233. The van der Waals surface area contributed by atoms with Gasteiger partial charge in [0, 0.05) is 12.1 Å². The Balaban J connectivity index is 1.85. The van der Waals surface area contributed by atoms with Gasteiger partial charge in [-0.05, 0) is 41.0 Å². The molecule has 5 heteroatoms. The second-order valence-corrected chi connectivity index (χ2v) is 5.88. The van der Waals surface area contributed by atoms with Crippen LogP contribution < -0.4 is 10.5 Å². The largest absolute Gasteiger partial charge is 0.489 e. The first-order valence-corrected chi connectivity index (χ1v) is 8.15. The number of nitrogens with two attached hydrogens (primary N) is 1. The smallest absolute Gasteiger partial charge is 0.416 e. The van der Waals surface area contributed by atoms with Crippen molar-refractivity contribution < 1.29 is 17.9 Å². The van der Waals surface area contributed by atoms with E-state index in [1.54, 1.807) is 24.3 Å². The fourth-order valence-electron chi connectivity index (χ4n) is 2.67. The molecule has 3 aromatic rings. The Hall–Kier alpha value is -2.79. The van der Waals surface area contributed by atoms with Crippen LogP contribution in [-0.2, 0) is 19.3 Å². The third kappa shape index (κ3) is 4.24. The van der Waals surface area contributed by atoms with Crippen molar-refractivity contribution in [2.24, 2.45) is 5.73 Å². The van der Waals surface area contributed by atoms with Gasteiger partial charge in [-0.25, -0.2) is 0 Å². The van der Waals surface area contributed by atoms with E-state index >= 15 is 0 Å². The monoisotopic (exact) mass is 357 g/mol. The van der Waals surface area contributed by atoms with Crippen molar-refractivity contribution in [2.45, 2.75) is 19.3 Å². The number of alkyl halides is 3. The summed E-state index contributed by atoms with van der Waals surface area (Å²) in [6.45, 7) is 0.633. The second-order valence-electron chi connectivity index (χ2n) is 5.88. The molecule has 2 N–H and O–H groups in total. The molecule has 0 spiro atoms. The Morgan fingerprint density at radius 2 is 1.54 bits per heavy atom. The van der Waals surface area contributed by atoms with Crippen molar-refractivity contribution in [1.82, 2.24) is 0 Å². The summed E-state index contributed by atoms with van der Waals surface area (Å²) in [5.41, 5.74) is 8.06. The van der Waals surface area contributed by atoms with E-state index < -0.39 is 11.7 Å². The van der Waals surface area contributed by atoms with Crippen LogP contribution in [0.4, 0.5) is 13.2 Å². The summed E-state index contributed by atoms with van der Waals surface area (Å²) in [6.07, 6.45) is -4.37. The van der Waals surface area contributed by atoms with Gasteiger partial charge < -0.3 is 10.5 Å².